The molecule has 0 spiro atoms. The Morgan fingerprint density at radius 3 is 2.89 bits per heavy atom. The maximum absolute atomic E-state index is 13.8. The Kier molecular flexibility index (Phi) is 6.05. The SMILES string of the molecule is C[C@H]1CNCCN1C(=O)c1cc(Cl)c(Br)cc1F.Cl. The van der Waals surface area contributed by atoms with Crippen LogP contribution < -0.4 is 5.32 Å². The molecule has 1 aliphatic heterocycles. The summed E-state index contributed by atoms with van der Waals surface area (Å²) >= 11 is 9.04. The Bertz CT molecular complexity index is 487. The Morgan fingerprint density at radius 2 is 2.26 bits per heavy atom. The van der Waals surface area contributed by atoms with Crippen molar-refractivity contribution in [3.8, 4) is 0 Å². The lowest BCUT2D eigenvalue weighted by Gasteiger charge is -2.34. The maximum Gasteiger partial charge on any atom is 0.257 e. The molecule has 7 heteroatoms. The van der Waals surface area contributed by atoms with E-state index in [1.165, 1.54) is 12.1 Å². The first-order valence-electron chi connectivity index (χ1n) is 5.67. The fourth-order valence-electron chi connectivity index (χ4n) is 1.98. The van der Waals surface area contributed by atoms with Gasteiger partial charge in [0, 0.05) is 30.1 Å². The van der Waals surface area contributed by atoms with E-state index in [-0.39, 0.29) is 29.9 Å². The van der Waals surface area contributed by atoms with Crippen molar-refractivity contribution < 1.29 is 9.18 Å². The smallest absolute Gasteiger partial charge is 0.257 e. The first-order valence-corrected chi connectivity index (χ1v) is 6.84. The number of carbonyl (C=O) groups is 1. The molecule has 1 atom stereocenters. The van der Waals surface area contributed by atoms with Gasteiger partial charge in [-0.25, -0.2) is 4.39 Å². The number of piperazine rings is 1. The summed E-state index contributed by atoms with van der Waals surface area (Å²) in [5, 5.41) is 3.52. The lowest BCUT2D eigenvalue weighted by Crippen LogP contribution is -2.52. The highest BCUT2D eigenvalue weighted by atomic mass is 79.9. The first kappa shape index (κ1) is 16.7. The minimum Gasteiger partial charge on any atom is -0.333 e. The average Bonchev–Trinajstić information content (AvgIpc) is 2.33. The van der Waals surface area contributed by atoms with Crippen LogP contribution in [0.5, 0.6) is 0 Å². The molecule has 1 amide bonds. The molecule has 1 fully saturated rings. The van der Waals surface area contributed by atoms with E-state index in [4.69, 9.17) is 11.6 Å². The second-order valence-corrected chi connectivity index (χ2v) is 5.56. The van der Waals surface area contributed by atoms with Gasteiger partial charge in [0.25, 0.3) is 5.91 Å². The second-order valence-electron chi connectivity index (χ2n) is 4.30. The van der Waals surface area contributed by atoms with Crippen LogP contribution >= 0.6 is 39.9 Å². The van der Waals surface area contributed by atoms with E-state index in [1.54, 1.807) is 4.90 Å². The third-order valence-corrected chi connectivity index (χ3v) is 4.20. The summed E-state index contributed by atoms with van der Waals surface area (Å²) in [5.74, 6) is -0.863. The standard InChI is InChI=1S/C12H13BrClFN2O.ClH/c1-7-6-16-2-3-17(7)12(18)8-4-10(14)9(13)5-11(8)15;/h4-5,7,16H,2-3,6H2,1H3;1H/t7-;/m0./s1. The highest BCUT2D eigenvalue weighted by Gasteiger charge is 2.26. The molecule has 1 heterocycles. The zero-order chi connectivity index (χ0) is 13.3. The fourth-order valence-corrected chi connectivity index (χ4v) is 2.46. The summed E-state index contributed by atoms with van der Waals surface area (Å²) in [6.45, 7) is 3.95. The molecule has 1 N–H and O–H groups in total. The monoisotopic (exact) mass is 370 g/mol. The van der Waals surface area contributed by atoms with Gasteiger partial charge in [0.05, 0.1) is 10.6 Å². The number of hydrogen-bond acceptors (Lipinski definition) is 2. The molecular weight excluding hydrogens is 358 g/mol. The van der Waals surface area contributed by atoms with Gasteiger partial charge in [-0.2, -0.15) is 0 Å². The Morgan fingerprint density at radius 1 is 1.58 bits per heavy atom. The first-order chi connectivity index (χ1) is 8.50. The molecule has 3 nitrogen and oxygen atoms in total. The molecular formula is C12H14BrCl2FN2O. The van der Waals surface area contributed by atoms with E-state index < -0.39 is 5.82 Å². The van der Waals surface area contributed by atoms with E-state index in [2.05, 4.69) is 21.2 Å². The molecule has 2 rings (SSSR count). The maximum atomic E-state index is 13.8. The minimum absolute atomic E-state index is 0. The third kappa shape index (κ3) is 3.60. The van der Waals surface area contributed by atoms with Gasteiger partial charge in [-0.3, -0.25) is 4.79 Å². The quantitative estimate of drug-likeness (QED) is 0.769. The van der Waals surface area contributed by atoms with Crippen molar-refractivity contribution >= 4 is 45.8 Å². The highest BCUT2D eigenvalue weighted by molar-refractivity contribution is 9.10. The zero-order valence-electron chi connectivity index (χ0n) is 10.3. The Balaban J connectivity index is 0.00000180. The number of halogens is 4. The van der Waals surface area contributed by atoms with E-state index in [9.17, 15) is 9.18 Å². The van der Waals surface area contributed by atoms with E-state index in [1.807, 2.05) is 6.92 Å². The van der Waals surface area contributed by atoms with Crippen molar-refractivity contribution in [2.75, 3.05) is 19.6 Å². The van der Waals surface area contributed by atoms with Crippen molar-refractivity contribution in [2.24, 2.45) is 0 Å². The van der Waals surface area contributed by atoms with Gasteiger partial charge >= 0.3 is 0 Å². The van der Waals surface area contributed by atoms with Crippen LogP contribution in [-0.2, 0) is 0 Å². The number of amides is 1. The molecule has 19 heavy (non-hydrogen) atoms. The largest absolute Gasteiger partial charge is 0.333 e. The van der Waals surface area contributed by atoms with Crippen molar-refractivity contribution in [1.82, 2.24) is 10.2 Å². The zero-order valence-corrected chi connectivity index (χ0v) is 13.4. The fraction of sp³-hybridized carbons (Fsp3) is 0.417. The molecule has 0 aromatic heterocycles. The summed E-state index contributed by atoms with van der Waals surface area (Å²) in [6, 6.07) is 2.65. The van der Waals surface area contributed by atoms with E-state index >= 15 is 0 Å². The molecule has 1 saturated heterocycles. The molecule has 0 aliphatic carbocycles. The molecule has 1 aromatic carbocycles. The lowest BCUT2D eigenvalue weighted by atomic mass is 10.1. The highest BCUT2D eigenvalue weighted by Crippen LogP contribution is 2.26. The number of carbonyl (C=O) groups excluding carboxylic acids is 1. The predicted molar refractivity (Wildman–Crippen MR) is 79.7 cm³/mol. The Hall–Kier alpha value is -0.360. The molecule has 106 valence electrons. The number of nitrogens with zero attached hydrogens (tertiary/aromatic N) is 1. The Labute approximate surface area is 131 Å². The number of nitrogens with one attached hydrogen (secondary N) is 1. The van der Waals surface area contributed by atoms with Gasteiger partial charge in [-0.05, 0) is 35.0 Å². The summed E-state index contributed by atoms with van der Waals surface area (Å²) in [6.07, 6.45) is 0. The van der Waals surface area contributed by atoms with Gasteiger partial charge in [0.15, 0.2) is 0 Å². The number of hydrogen-bond donors (Lipinski definition) is 1. The van der Waals surface area contributed by atoms with Crippen molar-refractivity contribution in [3.05, 3.63) is 33.0 Å². The number of benzene rings is 1. The number of rotatable bonds is 1. The molecule has 1 aromatic rings. The molecule has 0 bridgehead atoms. The van der Waals surface area contributed by atoms with Crippen LogP contribution in [0, 0.1) is 5.82 Å². The second kappa shape index (κ2) is 6.88. The van der Waals surface area contributed by atoms with Crippen LogP contribution in [0.2, 0.25) is 5.02 Å². The molecule has 0 unspecified atom stereocenters. The van der Waals surface area contributed by atoms with Crippen LogP contribution in [-0.4, -0.2) is 36.5 Å². The van der Waals surface area contributed by atoms with Crippen LogP contribution in [0.3, 0.4) is 0 Å². The van der Waals surface area contributed by atoms with Crippen LogP contribution in [0.25, 0.3) is 0 Å². The van der Waals surface area contributed by atoms with Gasteiger partial charge < -0.3 is 10.2 Å². The normalized spacial score (nSPS) is 18.9. The summed E-state index contributed by atoms with van der Waals surface area (Å²) in [4.78, 5) is 13.9. The minimum atomic E-state index is -0.554. The van der Waals surface area contributed by atoms with Gasteiger partial charge in [0.2, 0.25) is 0 Å². The van der Waals surface area contributed by atoms with Crippen LogP contribution in [0.1, 0.15) is 17.3 Å². The van der Waals surface area contributed by atoms with Gasteiger partial charge in [0.1, 0.15) is 5.82 Å². The van der Waals surface area contributed by atoms with Crippen LogP contribution in [0.4, 0.5) is 4.39 Å². The summed E-state index contributed by atoms with van der Waals surface area (Å²) in [5.41, 5.74) is 0.0250. The van der Waals surface area contributed by atoms with Crippen molar-refractivity contribution in [3.63, 3.8) is 0 Å². The topological polar surface area (TPSA) is 32.3 Å². The molecule has 0 radical (unpaired) electrons. The predicted octanol–water partition coefficient (Wildman–Crippen LogP) is 3.10. The van der Waals surface area contributed by atoms with E-state index in [0.717, 1.165) is 13.1 Å². The van der Waals surface area contributed by atoms with Crippen molar-refractivity contribution in [1.29, 1.82) is 0 Å². The van der Waals surface area contributed by atoms with Crippen molar-refractivity contribution in [2.45, 2.75) is 13.0 Å². The average molecular weight is 372 g/mol. The van der Waals surface area contributed by atoms with Gasteiger partial charge in [-0.1, -0.05) is 11.6 Å². The van der Waals surface area contributed by atoms with Crippen LogP contribution in [0.15, 0.2) is 16.6 Å². The lowest BCUT2D eigenvalue weighted by molar-refractivity contribution is 0.0651. The summed E-state index contributed by atoms with van der Waals surface area (Å²) < 4.78 is 14.3. The summed E-state index contributed by atoms with van der Waals surface area (Å²) in [7, 11) is 0. The third-order valence-electron chi connectivity index (χ3n) is 3.00. The molecule has 0 saturated carbocycles. The van der Waals surface area contributed by atoms with E-state index in [0.29, 0.717) is 16.0 Å². The molecule has 1 aliphatic rings. The van der Waals surface area contributed by atoms with Gasteiger partial charge in [-0.15, -0.1) is 12.4 Å².